The van der Waals surface area contributed by atoms with Crippen LogP contribution < -0.4 is 0 Å². The average molecular weight is 257 g/mol. The zero-order valence-electron chi connectivity index (χ0n) is 8.42. The van der Waals surface area contributed by atoms with Gasteiger partial charge in [-0.1, -0.05) is 34.1 Å². The third kappa shape index (κ3) is 2.56. The Morgan fingerprint density at radius 3 is 2.23 bits per heavy atom. The molecular weight excluding hydrogens is 233 g/mol. The molecule has 0 aromatic heterocycles. The minimum Gasteiger partial charge on any atom is -0.0776 e. The molecule has 2 aliphatic carbocycles. The van der Waals surface area contributed by atoms with E-state index in [4.69, 9.17) is 0 Å². The summed E-state index contributed by atoms with van der Waals surface area (Å²) in [6.45, 7) is 4.82. The first kappa shape index (κ1) is 14.1. The molecular formula is C12H24Y. The number of fused-ring (bicyclic) bond motifs is 2. The smallest absolute Gasteiger partial charge is 0 e. The summed E-state index contributed by atoms with van der Waals surface area (Å²) in [4.78, 5) is 0. The topological polar surface area (TPSA) is 0 Å². The fourth-order valence-electron chi connectivity index (χ4n) is 3.53. The van der Waals surface area contributed by atoms with Crippen molar-refractivity contribution >= 4 is 0 Å². The Morgan fingerprint density at radius 1 is 1.15 bits per heavy atom. The second kappa shape index (κ2) is 5.86. The molecule has 13 heavy (non-hydrogen) atoms. The molecule has 1 heteroatoms. The monoisotopic (exact) mass is 257 g/mol. The van der Waals surface area contributed by atoms with Crippen molar-refractivity contribution in [1.29, 1.82) is 0 Å². The summed E-state index contributed by atoms with van der Waals surface area (Å²) < 4.78 is 0. The molecule has 2 rings (SSSR count). The van der Waals surface area contributed by atoms with Crippen molar-refractivity contribution in [3.8, 4) is 0 Å². The van der Waals surface area contributed by atoms with E-state index < -0.39 is 0 Å². The van der Waals surface area contributed by atoms with Crippen LogP contribution in [0.15, 0.2) is 0 Å². The summed E-state index contributed by atoms with van der Waals surface area (Å²) in [5, 5.41) is 0. The Balaban J connectivity index is 0.000000720. The molecule has 2 aliphatic rings. The molecule has 2 saturated carbocycles. The third-order valence-corrected chi connectivity index (χ3v) is 4.16. The molecule has 4 unspecified atom stereocenters. The molecule has 0 amide bonds. The molecule has 0 heterocycles. The Bertz CT molecular complexity index is 142. The summed E-state index contributed by atoms with van der Waals surface area (Å²) in [5.74, 6) is 4.43. The first-order valence-corrected chi connectivity index (χ1v) is 5.33. The van der Waals surface area contributed by atoms with Gasteiger partial charge in [0.05, 0.1) is 0 Å². The minimum atomic E-state index is 0. The van der Waals surface area contributed by atoms with Gasteiger partial charge >= 0.3 is 0 Å². The first-order chi connectivity index (χ1) is 5.33. The molecule has 0 spiro atoms. The maximum Gasteiger partial charge on any atom is 0 e. The quantitative estimate of drug-likeness (QED) is 0.698. The van der Waals surface area contributed by atoms with Gasteiger partial charge in [0.25, 0.3) is 0 Å². The van der Waals surface area contributed by atoms with Crippen molar-refractivity contribution in [2.24, 2.45) is 23.7 Å². The van der Waals surface area contributed by atoms with Crippen LogP contribution in [-0.4, -0.2) is 0 Å². The molecule has 0 aromatic carbocycles. The summed E-state index contributed by atoms with van der Waals surface area (Å²) in [7, 11) is 0. The Labute approximate surface area is 109 Å². The Kier molecular flexibility index (Phi) is 6.35. The van der Waals surface area contributed by atoms with Gasteiger partial charge in [-0.05, 0) is 42.9 Å². The van der Waals surface area contributed by atoms with Gasteiger partial charge in [-0.25, -0.2) is 0 Å². The maximum absolute atomic E-state index is 2.49. The fourth-order valence-corrected chi connectivity index (χ4v) is 3.53. The summed E-state index contributed by atoms with van der Waals surface area (Å²) in [6, 6.07) is 0. The number of hydrogen-bond acceptors (Lipinski definition) is 0. The predicted octanol–water partition coefficient (Wildman–Crippen LogP) is 4.10. The Morgan fingerprint density at radius 2 is 1.77 bits per heavy atom. The molecule has 4 atom stereocenters. The van der Waals surface area contributed by atoms with Crippen LogP contribution >= 0.6 is 0 Å². The van der Waals surface area contributed by atoms with Crippen molar-refractivity contribution in [2.75, 3.05) is 0 Å². The van der Waals surface area contributed by atoms with Gasteiger partial charge < -0.3 is 0 Å². The van der Waals surface area contributed by atoms with E-state index in [1.165, 1.54) is 12.8 Å². The standard InChI is InChI=1S/C11H20.CH4.Y/c1-3-4-11-8(2)9-5-6-10(11)7-9;;/h8-11H,3-7H2,1-2H3;1H4;. The molecule has 0 aliphatic heterocycles. The van der Waals surface area contributed by atoms with Gasteiger partial charge in [0.1, 0.15) is 0 Å². The van der Waals surface area contributed by atoms with Crippen molar-refractivity contribution in [3.63, 3.8) is 0 Å². The summed E-state index contributed by atoms with van der Waals surface area (Å²) in [5.41, 5.74) is 0. The second-order valence-corrected chi connectivity index (χ2v) is 4.64. The zero-order chi connectivity index (χ0) is 7.84. The Hall–Kier alpha value is 1.10. The number of rotatable bonds is 2. The molecule has 1 radical (unpaired) electrons. The van der Waals surface area contributed by atoms with E-state index in [0.717, 1.165) is 23.7 Å². The van der Waals surface area contributed by atoms with Crippen molar-refractivity contribution in [1.82, 2.24) is 0 Å². The predicted molar refractivity (Wildman–Crippen MR) is 55.1 cm³/mol. The third-order valence-electron chi connectivity index (χ3n) is 4.16. The SMILES string of the molecule is C.CCCC1C2CCC(C2)C1C.[Y]. The van der Waals surface area contributed by atoms with E-state index in [1.807, 2.05) is 0 Å². The van der Waals surface area contributed by atoms with Crippen LogP contribution in [0.3, 0.4) is 0 Å². The molecule has 0 aromatic rings. The largest absolute Gasteiger partial charge is 0.0776 e. The summed E-state index contributed by atoms with van der Waals surface area (Å²) in [6.07, 6.45) is 7.58. The van der Waals surface area contributed by atoms with Crippen molar-refractivity contribution in [3.05, 3.63) is 0 Å². The van der Waals surface area contributed by atoms with Gasteiger partial charge in [0, 0.05) is 32.7 Å². The molecule has 0 nitrogen and oxygen atoms in total. The van der Waals surface area contributed by atoms with Crippen LogP contribution in [-0.2, 0) is 32.7 Å². The van der Waals surface area contributed by atoms with Gasteiger partial charge in [0.2, 0.25) is 0 Å². The molecule has 2 bridgehead atoms. The fraction of sp³-hybridized carbons (Fsp3) is 1.00. The van der Waals surface area contributed by atoms with Gasteiger partial charge in [-0.3, -0.25) is 0 Å². The summed E-state index contributed by atoms with van der Waals surface area (Å²) >= 11 is 0. The van der Waals surface area contributed by atoms with Crippen LogP contribution in [0.25, 0.3) is 0 Å². The molecule has 75 valence electrons. The minimum absolute atomic E-state index is 0. The van der Waals surface area contributed by atoms with E-state index in [-0.39, 0.29) is 40.1 Å². The van der Waals surface area contributed by atoms with Gasteiger partial charge in [-0.15, -0.1) is 0 Å². The van der Waals surface area contributed by atoms with Crippen LogP contribution in [0.5, 0.6) is 0 Å². The van der Waals surface area contributed by atoms with Gasteiger partial charge in [0.15, 0.2) is 0 Å². The normalized spacial score (nSPS) is 41.1. The van der Waals surface area contributed by atoms with E-state index in [1.54, 1.807) is 19.3 Å². The number of hydrogen-bond donors (Lipinski definition) is 0. The van der Waals surface area contributed by atoms with E-state index in [0.29, 0.717) is 0 Å². The molecule has 0 N–H and O–H groups in total. The van der Waals surface area contributed by atoms with Crippen molar-refractivity contribution < 1.29 is 32.7 Å². The van der Waals surface area contributed by atoms with Gasteiger partial charge in [-0.2, -0.15) is 0 Å². The van der Waals surface area contributed by atoms with E-state index >= 15 is 0 Å². The van der Waals surface area contributed by atoms with Crippen LogP contribution in [0.1, 0.15) is 53.4 Å². The maximum atomic E-state index is 2.49. The van der Waals surface area contributed by atoms with E-state index in [2.05, 4.69) is 13.8 Å². The zero-order valence-corrected chi connectivity index (χ0v) is 11.3. The van der Waals surface area contributed by atoms with Crippen LogP contribution in [0, 0.1) is 23.7 Å². The second-order valence-electron chi connectivity index (χ2n) is 4.64. The molecule has 2 fully saturated rings. The first-order valence-electron chi connectivity index (χ1n) is 5.33. The van der Waals surface area contributed by atoms with Crippen LogP contribution in [0.4, 0.5) is 0 Å². The van der Waals surface area contributed by atoms with Crippen molar-refractivity contribution in [2.45, 2.75) is 53.4 Å². The average Bonchev–Trinajstić information content (AvgIpc) is 2.54. The van der Waals surface area contributed by atoms with Crippen LogP contribution in [0.2, 0.25) is 0 Å². The molecule has 0 saturated heterocycles. The van der Waals surface area contributed by atoms with E-state index in [9.17, 15) is 0 Å².